The molecule has 0 radical (unpaired) electrons. The molecule has 2 aromatic heterocycles. The summed E-state index contributed by atoms with van der Waals surface area (Å²) in [5, 5.41) is 6.74. The molecule has 0 aliphatic rings. The van der Waals surface area contributed by atoms with Crippen LogP contribution in [0.2, 0.25) is 0 Å². The molecule has 0 saturated heterocycles. The van der Waals surface area contributed by atoms with E-state index >= 15 is 0 Å². The van der Waals surface area contributed by atoms with Crippen molar-refractivity contribution in [1.29, 1.82) is 0 Å². The summed E-state index contributed by atoms with van der Waals surface area (Å²) in [6.45, 7) is 7.18. The highest BCUT2D eigenvalue weighted by molar-refractivity contribution is 5.57. The van der Waals surface area contributed by atoms with Crippen LogP contribution in [0.1, 0.15) is 37.4 Å². The monoisotopic (exact) mass is 271 g/mol. The molecule has 1 unspecified atom stereocenters. The molecule has 0 saturated carbocycles. The number of aromatic nitrogens is 3. The fraction of sp³-hybridized carbons (Fsp3) is 0.400. The Morgan fingerprint density at radius 3 is 2.55 bits per heavy atom. The second-order valence-corrected chi connectivity index (χ2v) is 4.77. The summed E-state index contributed by atoms with van der Waals surface area (Å²) >= 11 is 0. The number of nitrogens with zero attached hydrogens (tertiary/aromatic N) is 3. The van der Waals surface area contributed by atoms with Gasteiger partial charge in [0.05, 0.1) is 6.04 Å². The number of rotatable bonds is 6. The first kappa shape index (κ1) is 14.2. The van der Waals surface area contributed by atoms with Crippen LogP contribution in [0.15, 0.2) is 30.9 Å². The molecule has 0 bridgehead atoms. The van der Waals surface area contributed by atoms with Gasteiger partial charge in [0, 0.05) is 24.5 Å². The summed E-state index contributed by atoms with van der Waals surface area (Å²) in [5.74, 6) is 1.76. The fourth-order valence-electron chi connectivity index (χ4n) is 1.96. The van der Waals surface area contributed by atoms with E-state index in [9.17, 15) is 0 Å². The Morgan fingerprint density at radius 2 is 1.85 bits per heavy atom. The summed E-state index contributed by atoms with van der Waals surface area (Å²) in [6, 6.07) is 4.18. The molecular formula is C15H21N5. The van der Waals surface area contributed by atoms with Crippen molar-refractivity contribution in [2.24, 2.45) is 0 Å². The van der Waals surface area contributed by atoms with Gasteiger partial charge >= 0.3 is 0 Å². The molecule has 0 fully saturated rings. The molecule has 5 nitrogen and oxygen atoms in total. The van der Waals surface area contributed by atoms with Gasteiger partial charge in [-0.15, -0.1) is 0 Å². The van der Waals surface area contributed by atoms with Gasteiger partial charge in [-0.05, 0) is 38.0 Å². The van der Waals surface area contributed by atoms with E-state index in [1.54, 1.807) is 18.7 Å². The molecule has 2 aromatic rings. The molecule has 106 valence electrons. The molecule has 2 N–H and O–H groups in total. The standard InChI is InChI=1S/C15H21N5/c1-4-7-17-14-11(2)15(19-10-18-14)20-12(3)13-5-8-16-9-6-13/h5-6,8-10,12H,4,7H2,1-3H3,(H2,17,18,19,20). The zero-order chi connectivity index (χ0) is 14.4. The third-order valence-corrected chi connectivity index (χ3v) is 3.19. The van der Waals surface area contributed by atoms with Crippen molar-refractivity contribution in [3.8, 4) is 0 Å². The molecule has 2 rings (SSSR count). The zero-order valence-electron chi connectivity index (χ0n) is 12.2. The number of anilines is 2. The Hall–Kier alpha value is -2.17. The molecule has 0 aliphatic heterocycles. The summed E-state index contributed by atoms with van der Waals surface area (Å²) < 4.78 is 0. The summed E-state index contributed by atoms with van der Waals surface area (Å²) in [6.07, 6.45) is 6.26. The average Bonchev–Trinajstić information content (AvgIpc) is 2.49. The first-order chi connectivity index (χ1) is 9.72. The van der Waals surface area contributed by atoms with Crippen molar-refractivity contribution in [3.05, 3.63) is 42.0 Å². The van der Waals surface area contributed by atoms with Crippen LogP contribution in [-0.4, -0.2) is 21.5 Å². The second kappa shape index (κ2) is 6.84. The fourth-order valence-corrected chi connectivity index (χ4v) is 1.96. The number of pyridine rings is 1. The lowest BCUT2D eigenvalue weighted by Crippen LogP contribution is -2.12. The smallest absolute Gasteiger partial charge is 0.134 e. The van der Waals surface area contributed by atoms with Crippen LogP contribution in [0.4, 0.5) is 11.6 Å². The van der Waals surface area contributed by atoms with Gasteiger partial charge in [0.2, 0.25) is 0 Å². The quantitative estimate of drug-likeness (QED) is 0.845. The molecule has 0 amide bonds. The maximum absolute atomic E-state index is 4.33. The summed E-state index contributed by atoms with van der Waals surface area (Å²) in [5.41, 5.74) is 2.22. The maximum Gasteiger partial charge on any atom is 0.134 e. The Morgan fingerprint density at radius 1 is 1.15 bits per heavy atom. The average molecular weight is 271 g/mol. The van der Waals surface area contributed by atoms with E-state index < -0.39 is 0 Å². The second-order valence-electron chi connectivity index (χ2n) is 4.77. The Bertz CT molecular complexity index is 541. The zero-order valence-corrected chi connectivity index (χ0v) is 12.2. The third-order valence-electron chi connectivity index (χ3n) is 3.19. The van der Waals surface area contributed by atoms with Crippen LogP contribution < -0.4 is 10.6 Å². The van der Waals surface area contributed by atoms with Crippen LogP contribution in [0.3, 0.4) is 0 Å². The largest absolute Gasteiger partial charge is 0.370 e. The molecule has 5 heteroatoms. The highest BCUT2D eigenvalue weighted by atomic mass is 15.1. The lowest BCUT2D eigenvalue weighted by molar-refractivity contribution is 0.863. The van der Waals surface area contributed by atoms with Crippen LogP contribution >= 0.6 is 0 Å². The van der Waals surface area contributed by atoms with Crippen molar-refractivity contribution in [1.82, 2.24) is 15.0 Å². The van der Waals surface area contributed by atoms with Crippen molar-refractivity contribution in [2.45, 2.75) is 33.2 Å². The normalized spacial score (nSPS) is 11.9. The minimum atomic E-state index is 0.172. The number of hydrogen-bond donors (Lipinski definition) is 2. The number of hydrogen-bond acceptors (Lipinski definition) is 5. The highest BCUT2D eigenvalue weighted by Crippen LogP contribution is 2.23. The molecule has 1 atom stereocenters. The molecule has 0 aliphatic carbocycles. The van der Waals surface area contributed by atoms with Crippen LogP contribution in [0.5, 0.6) is 0 Å². The van der Waals surface area contributed by atoms with E-state index in [4.69, 9.17) is 0 Å². The molecule has 0 spiro atoms. The van der Waals surface area contributed by atoms with Gasteiger partial charge in [-0.2, -0.15) is 0 Å². The summed E-state index contributed by atoms with van der Waals surface area (Å²) in [7, 11) is 0. The van der Waals surface area contributed by atoms with E-state index in [-0.39, 0.29) is 6.04 Å². The van der Waals surface area contributed by atoms with Crippen molar-refractivity contribution >= 4 is 11.6 Å². The van der Waals surface area contributed by atoms with E-state index in [1.165, 1.54) is 5.56 Å². The Labute approximate surface area is 119 Å². The Balaban J connectivity index is 2.13. The van der Waals surface area contributed by atoms with Gasteiger partial charge in [-0.3, -0.25) is 4.98 Å². The molecular weight excluding hydrogens is 250 g/mol. The minimum absolute atomic E-state index is 0.172. The SMILES string of the molecule is CCCNc1ncnc(NC(C)c2ccncc2)c1C. The highest BCUT2D eigenvalue weighted by Gasteiger charge is 2.10. The van der Waals surface area contributed by atoms with E-state index in [1.807, 2.05) is 19.1 Å². The summed E-state index contributed by atoms with van der Waals surface area (Å²) in [4.78, 5) is 12.7. The van der Waals surface area contributed by atoms with Crippen LogP contribution in [0.25, 0.3) is 0 Å². The van der Waals surface area contributed by atoms with Gasteiger partial charge in [0.15, 0.2) is 0 Å². The predicted octanol–water partition coefficient (Wildman–Crippen LogP) is 3.18. The van der Waals surface area contributed by atoms with E-state index in [0.29, 0.717) is 0 Å². The third kappa shape index (κ3) is 3.44. The lowest BCUT2D eigenvalue weighted by Gasteiger charge is -2.17. The van der Waals surface area contributed by atoms with Gasteiger partial charge < -0.3 is 10.6 Å². The molecule has 0 aromatic carbocycles. The van der Waals surface area contributed by atoms with Gasteiger partial charge in [-0.25, -0.2) is 9.97 Å². The first-order valence-corrected chi connectivity index (χ1v) is 6.94. The minimum Gasteiger partial charge on any atom is -0.370 e. The lowest BCUT2D eigenvalue weighted by atomic mass is 10.1. The van der Waals surface area contributed by atoms with Gasteiger partial charge in [0.1, 0.15) is 18.0 Å². The van der Waals surface area contributed by atoms with Gasteiger partial charge in [0.25, 0.3) is 0 Å². The van der Waals surface area contributed by atoms with E-state index in [2.05, 4.69) is 39.4 Å². The molecule has 2 heterocycles. The Kier molecular flexibility index (Phi) is 4.87. The van der Waals surface area contributed by atoms with Crippen LogP contribution in [-0.2, 0) is 0 Å². The van der Waals surface area contributed by atoms with E-state index in [0.717, 1.165) is 30.2 Å². The van der Waals surface area contributed by atoms with Gasteiger partial charge in [-0.1, -0.05) is 6.92 Å². The van der Waals surface area contributed by atoms with Crippen molar-refractivity contribution < 1.29 is 0 Å². The topological polar surface area (TPSA) is 62.7 Å². The predicted molar refractivity (Wildman–Crippen MR) is 81.8 cm³/mol. The van der Waals surface area contributed by atoms with Crippen molar-refractivity contribution in [2.75, 3.05) is 17.2 Å². The maximum atomic E-state index is 4.33. The van der Waals surface area contributed by atoms with Crippen LogP contribution in [0, 0.1) is 6.92 Å². The first-order valence-electron chi connectivity index (χ1n) is 6.94. The number of nitrogens with one attached hydrogen (secondary N) is 2. The van der Waals surface area contributed by atoms with Crippen molar-refractivity contribution in [3.63, 3.8) is 0 Å². The molecule has 20 heavy (non-hydrogen) atoms.